The first-order chi connectivity index (χ1) is 12.5. The van der Waals surface area contributed by atoms with E-state index in [1.165, 1.54) is 16.2 Å². The smallest absolute Gasteiger partial charge is 0.245 e. The molecule has 1 atom stereocenters. The number of amides is 1. The van der Waals surface area contributed by atoms with E-state index in [4.69, 9.17) is 17.4 Å². The first-order valence-electron chi connectivity index (χ1n) is 8.58. The third-order valence-corrected chi connectivity index (χ3v) is 7.63. The van der Waals surface area contributed by atoms with Crippen LogP contribution in [0.15, 0.2) is 36.4 Å². The Hall–Kier alpha value is -1.41. The second kappa shape index (κ2) is 8.52. The summed E-state index contributed by atoms with van der Waals surface area (Å²) in [5.74, 6) is 0.719. The van der Waals surface area contributed by atoms with E-state index in [1.807, 2.05) is 30.8 Å². The van der Waals surface area contributed by atoms with Crippen LogP contribution in [0.5, 0.6) is 0 Å². The molecule has 0 spiro atoms. The van der Waals surface area contributed by atoms with Crippen molar-refractivity contribution in [2.45, 2.75) is 37.4 Å². The van der Waals surface area contributed by atoms with Crippen LogP contribution in [0.3, 0.4) is 0 Å². The predicted molar refractivity (Wildman–Crippen MR) is 114 cm³/mol. The Kier molecular flexibility index (Phi) is 6.34. The predicted octanol–water partition coefficient (Wildman–Crippen LogP) is 5.18. The van der Waals surface area contributed by atoms with Crippen molar-refractivity contribution in [2.75, 3.05) is 11.1 Å². The van der Waals surface area contributed by atoms with Gasteiger partial charge in [0.05, 0.1) is 9.74 Å². The van der Waals surface area contributed by atoms with Crippen LogP contribution in [0.1, 0.15) is 37.5 Å². The average molecular weight is 407 g/mol. The maximum Gasteiger partial charge on any atom is 0.245 e. The number of benzene rings is 1. The number of thiophene rings is 1. The lowest BCUT2D eigenvalue weighted by Crippen LogP contribution is -2.32. The third-order valence-electron chi connectivity index (χ3n) is 4.45. The highest BCUT2D eigenvalue weighted by Crippen LogP contribution is 2.50. The second-order valence-corrected chi connectivity index (χ2v) is 9.61. The van der Waals surface area contributed by atoms with Crippen molar-refractivity contribution in [1.82, 2.24) is 5.48 Å². The SMILES string of the molecule is CC(=S)Nc1cccc(-c2ccc([C@@]3(CC(=O)NO)CCCCS3)s2)c1. The number of rotatable bonds is 5. The minimum Gasteiger partial charge on any atom is -0.350 e. The number of thiocarbonyl (C=S) groups is 1. The van der Waals surface area contributed by atoms with Gasteiger partial charge in [0.1, 0.15) is 0 Å². The zero-order valence-electron chi connectivity index (χ0n) is 14.6. The number of hydrogen-bond donors (Lipinski definition) is 3. The lowest BCUT2D eigenvalue weighted by atomic mass is 9.94. The van der Waals surface area contributed by atoms with Crippen LogP contribution in [0.2, 0.25) is 0 Å². The second-order valence-electron chi connectivity index (χ2n) is 6.44. The van der Waals surface area contributed by atoms with Crippen LogP contribution in [0, 0.1) is 0 Å². The van der Waals surface area contributed by atoms with E-state index < -0.39 is 0 Å². The molecule has 7 heteroatoms. The van der Waals surface area contributed by atoms with Gasteiger partial charge in [0, 0.05) is 21.9 Å². The molecule has 1 aromatic carbocycles. The van der Waals surface area contributed by atoms with Crippen molar-refractivity contribution in [3.05, 3.63) is 41.3 Å². The van der Waals surface area contributed by atoms with Crippen molar-refractivity contribution in [1.29, 1.82) is 0 Å². The third kappa shape index (κ3) is 4.46. The van der Waals surface area contributed by atoms with Crippen LogP contribution in [-0.2, 0) is 9.54 Å². The number of thioether (sulfide) groups is 1. The Bertz CT molecular complexity index is 798. The minimum atomic E-state index is -0.322. The van der Waals surface area contributed by atoms with E-state index in [-0.39, 0.29) is 10.7 Å². The highest BCUT2D eigenvalue weighted by atomic mass is 32.2. The van der Waals surface area contributed by atoms with Gasteiger partial charge >= 0.3 is 0 Å². The molecule has 0 saturated carbocycles. The fourth-order valence-corrected chi connectivity index (χ4v) is 6.27. The summed E-state index contributed by atoms with van der Waals surface area (Å²) in [6, 6.07) is 12.4. The molecule has 1 fully saturated rings. The van der Waals surface area contributed by atoms with Gasteiger partial charge in [0.25, 0.3) is 0 Å². The molecule has 0 unspecified atom stereocenters. The van der Waals surface area contributed by atoms with Gasteiger partial charge in [-0.15, -0.1) is 23.1 Å². The molecule has 4 nitrogen and oxygen atoms in total. The molecule has 2 heterocycles. The van der Waals surface area contributed by atoms with Crippen LogP contribution in [0.4, 0.5) is 5.69 Å². The molecule has 0 bridgehead atoms. The van der Waals surface area contributed by atoms with Gasteiger partial charge in [-0.3, -0.25) is 10.0 Å². The fourth-order valence-electron chi connectivity index (χ4n) is 3.26. The van der Waals surface area contributed by atoms with Crippen LogP contribution >= 0.6 is 35.3 Å². The van der Waals surface area contributed by atoms with E-state index in [2.05, 4.69) is 29.6 Å². The van der Waals surface area contributed by atoms with Crippen LogP contribution in [0.25, 0.3) is 10.4 Å². The van der Waals surface area contributed by atoms with Crippen molar-refractivity contribution in [3.8, 4) is 10.4 Å². The number of hydroxylamine groups is 1. The molecule has 3 N–H and O–H groups in total. The molecule has 138 valence electrons. The topological polar surface area (TPSA) is 61.4 Å². The van der Waals surface area contributed by atoms with Gasteiger partial charge in [-0.25, -0.2) is 5.48 Å². The summed E-state index contributed by atoms with van der Waals surface area (Å²) in [5, 5.41) is 12.2. The number of hydrogen-bond acceptors (Lipinski definition) is 5. The average Bonchev–Trinajstić information content (AvgIpc) is 3.13. The number of anilines is 1. The summed E-state index contributed by atoms with van der Waals surface area (Å²) in [4.78, 5) is 15.0. The molecule has 1 saturated heterocycles. The summed E-state index contributed by atoms with van der Waals surface area (Å²) < 4.78 is -0.241. The van der Waals surface area contributed by atoms with Gasteiger partial charge in [-0.1, -0.05) is 30.8 Å². The van der Waals surface area contributed by atoms with E-state index in [0.717, 1.165) is 34.8 Å². The fraction of sp³-hybridized carbons (Fsp3) is 0.368. The Morgan fingerprint density at radius 2 is 2.15 bits per heavy atom. The van der Waals surface area contributed by atoms with Crippen LogP contribution in [-0.4, -0.2) is 21.9 Å². The summed E-state index contributed by atoms with van der Waals surface area (Å²) in [6.07, 6.45) is 3.54. The first-order valence-corrected chi connectivity index (χ1v) is 10.8. The largest absolute Gasteiger partial charge is 0.350 e. The molecule has 1 aliphatic heterocycles. The summed E-state index contributed by atoms with van der Waals surface area (Å²) in [6.45, 7) is 1.86. The molecule has 1 aliphatic rings. The molecule has 2 aromatic rings. The van der Waals surface area contributed by atoms with E-state index in [1.54, 1.807) is 16.8 Å². The maximum absolute atomic E-state index is 11.9. The number of nitrogens with one attached hydrogen (secondary N) is 2. The van der Waals surface area contributed by atoms with E-state index >= 15 is 0 Å². The molecule has 1 aromatic heterocycles. The number of carbonyl (C=O) groups excluding carboxylic acids is 1. The van der Waals surface area contributed by atoms with Gasteiger partial charge < -0.3 is 5.32 Å². The quantitative estimate of drug-likeness (QED) is 0.363. The van der Waals surface area contributed by atoms with Crippen molar-refractivity contribution >= 4 is 51.9 Å². The Morgan fingerprint density at radius 3 is 2.85 bits per heavy atom. The normalized spacial score (nSPS) is 19.8. The molecular weight excluding hydrogens is 384 g/mol. The zero-order chi connectivity index (χ0) is 18.6. The maximum atomic E-state index is 11.9. The standard InChI is InChI=1S/C19H22N2O2S3/c1-13(24)20-15-6-4-5-14(11-15)16-7-8-17(26-16)19(12-18(22)21-23)9-2-3-10-25-19/h4-8,11,23H,2-3,9-10,12H2,1H3,(H,20,24)(H,21,22)/t19-/m0/s1. The molecular formula is C19H22N2O2S3. The van der Waals surface area contributed by atoms with Gasteiger partial charge in [0.2, 0.25) is 5.91 Å². The zero-order valence-corrected chi connectivity index (χ0v) is 17.0. The van der Waals surface area contributed by atoms with E-state index in [9.17, 15) is 4.79 Å². The summed E-state index contributed by atoms with van der Waals surface area (Å²) >= 11 is 8.69. The first kappa shape index (κ1) is 19.4. The Morgan fingerprint density at radius 1 is 1.31 bits per heavy atom. The van der Waals surface area contributed by atoms with Crippen molar-refractivity contribution < 1.29 is 10.0 Å². The molecule has 1 amide bonds. The van der Waals surface area contributed by atoms with Crippen molar-refractivity contribution in [2.24, 2.45) is 0 Å². The minimum absolute atomic E-state index is 0.241. The van der Waals surface area contributed by atoms with E-state index in [0.29, 0.717) is 6.42 Å². The molecule has 0 aliphatic carbocycles. The summed E-state index contributed by atoms with van der Waals surface area (Å²) in [7, 11) is 0. The molecule has 0 radical (unpaired) electrons. The molecule has 3 rings (SSSR count). The Balaban J connectivity index is 1.89. The van der Waals surface area contributed by atoms with Gasteiger partial charge in [-0.05, 0) is 55.3 Å². The lowest BCUT2D eigenvalue weighted by Gasteiger charge is -2.35. The van der Waals surface area contributed by atoms with Gasteiger partial charge in [-0.2, -0.15) is 0 Å². The monoisotopic (exact) mass is 406 g/mol. The summed E-state index contributed by atoms with van der Waals surface area (Å²) in [5.41, 5.74) is 3.91. The lowest BCUT2D eigenvalue weighted by molar-refractivity contribution is -0.129. The van der Waals surface area contributed by atoms with Gasteiger partial charge in [0.15, 0.2) is 0 Å². The molecule has 26 heavy (non-hydrogen) atoms. The Labute approximate surface area is 167 Å². The highest BCUT2D eigenvalue weighted by molar-refractivity contribution is 8.00. The van der Waals surface area contributed by atoms with Crippen LogP contribution < -0.4 is 10.8 Å². The van der Waals surface area contributed by atoms with Crippen molar-refractivity contribution in [3.63, 3.8) is 0 Å². The highest BCUT2D eigenvalue weighted by Gasteiger charge is 2.38. The number of carbonyl (C=O) groups is 1.